The average molecular weight is 230 g/mol. The van der Waals surface area contributed by atoms with Crippen molar-refractivity contribution in [1.29, 1.82) is 0 Å². The minimum absolute atomic E-state index is 0.303. The topological polar surface area (TPSA) is 43.4 Å². The summed E-state index contributed by atoms with van der Waals surface area (Å²) in [5, 5.41) is 0. The second-order valence-corrected chi connectivity index (χ2v) is 5.59. The molecule has 5 heteroatoms. The van der Waals surface area contributed by atoms with Crippen LogP contribution in [-0.2, 0) is 16.6 Å². The second kappa shape index (κ2) is 2.95. The molecule has 0 spiro atoms. The van der Waals surface area contributed by atoms with Crippen LogP contribution in [0.25, 0.3) is 0 Å². The van der Waals surface area contributed by atoms with Crippen molar-refractivity contribution in [3.05, 3.63) is 23.8 Å². The molecule has 0 saturated carbocycles. The van der Waals surface area contributed by atoms with Crippen LogP contribution in [0.3, 0.4) is 0 Å². The Kier molecular flexibility index (Phi) is 2.05. The Balaban J connectivity index is 2.48. The van der Waals surface area contributed by atoms with Gasteiger partial charge in [0, 0.05) is 6.42 Å². The number of ether oxygens (including phenoxy) is 1. The molecule has 1 heterocycles. The zero-order valence-electron chi connectivity index (χ0n) is 8.45. The van der Waals surface area contributed by atoms with E-state index in [1.54, 1.807) is 0 Å². The molecule has 1 aromatic rings. The summed E-state index contributed by atoms with van der Waals surface area (Å²) in [5.41, 5.74) is 0.389. The zero-order chi connectivity index (χ0) is 11.3. The van der Waals surface area contributed by atoms with Crippen LogP contribution in [0.2, 0.25) is 0 Å². The molecule has 0 saturated heterocycles. The van der Waals surface area contributed by atoms with Gasteiger partial charge < -0.3 is 4.74 Å². The molecule has 0 aliphatic carbocycles. The first kappa shape index (κ1) is 10.4. The monoisotopic (exact) mass is 230 g/mol. The van der Waals surface area contributed by atoms with E-state index in [0.717, 1.165) is 5.56 Å². The first-order valence-corrected chi connectivity index (χ1v) is 5.93. The number of halogens is 1. The number of fused-ring (bicyclic) bond motifs is 1. The van der Waals surface area contributed by atoms with Gasteiger partial charge in [-0.05, 0) is 37.6 Å². The molecule has 0 fully saturated rings. The zero-order valence-corrected chi connectivity index (χ0v) is 9.27. The maximum atomic E-state index is 12.7. The van der Waals surface area contributed by atoms with E-state index >= 15 is 0 Å². The summed E-state index contributed by atoms with van der Waals surface area (Å²) in [6.45, 7) is 3.80. The summed E-state index contributed by atoms with van der Waals surface area (Å²) in [7, 11) is -4.62. The molecule has 0 N–H and O–H groups in total. The second-order valence-electron chi connectivity index (χ2n) is 4.25. The Morgan fingerprint density at radius 2 is 2.07 bits per heavy atom. The smallest absolute Gasteiger partial charge is 0.332 e. The summed E-state index contributed by atoms with van der Waals surface area (Å²) in [5.74, 6) is 0.632. The summed E-state index contributed by atoms with van der Waals surface area (Å²) in [6.07, 6.45) is 0.589. The third kappa shape index (κ3) is 1.97. The molecule has 0 amide bonds. The van der Waals surface area contributed by atoms with E-state index in [9.17, 15) is 12.3 Å². The molecule has 0 atom stereocenters. The summed E-state index contributed by atoms with van der Waals surface area (Å²) >= 11 is 0. The van der Waals surface area contributed by atoms with Gasteiger partial charge in [0.2, 0.25) is 0 Å². The van der Waals surface area contributed by atoms with Crippen LogP contribution in [0, 0.1) is 0 Å². The number of rotatable bonds is 1. The molecule has 1 aromatic carbocycles. The summed E-state index contributed by atoms with van der Waals surface area (Å²) in [4.78, 5) is -0.303. The molecule has 15 heavy (non-hydrogen) atoms. The lowest BCUT2D eigenvalue weighted by molar-refractivity contribution is 0.138. The Hall–Kier alpha value is -1.10. The molecule has 3 nitrogen and oxygen atoms in total. The predicted octanol–water partition coefficient (Wildman–Crippen LogP) is 2.06. The van der Waals surface area contributed by atoms with Crippen molar-refractivity contribution < 1.29 is 17.0 Å². The minimum atomic E-state index is -4.62. The van der Waals surface area contributed by atoms with Crippen LogP contribution in [-0.4, -0.2) is 14.0 Å². The van der Waals surface area contributed by atoms with Gasteiger partial charge in [-0.1, -0.05) is 0 Å². The predicted molar refractivity (Wildman–Crippen MR) is 53.1 cm³/mol. The molecule has 1 aliphatic rings. The average Bonchev–Trinajstić information content (AvgIpc) is 2.34. The fourth-order valence-corrected chi connectivity index (χ4v) is 2.25. The van der Waals surface area contributed by atoms with E-state index in [4.69, 9.17) is 4.74 Å². The van der Waals surface area contributed by atoms with Gasteiger partial charge >= 0.3 is 10.2 Å². The van der Waals surface area contributed by atoms with Crippen molar-refractivity contribution in [1.82, 2.24) is 0 Å². The van der Waals surface area contributed by atoms with Crippen LogP contribution in [0.4, 0.5) is 3.89 Å². The fraction of sp³-hybridized carbons (Fsp3) is 0.400. The van der Waals surface area contributed by atoms with E-state index in [1.807, 2.05) is 13.8 Å². The normalized spacial score (nSPS) is 18.3. The van der Waals surface area contributed by atoms with Crippen molar-refractivity contribution in [2.75, 3.05) is 0 Å². The molecule has 0 bridgehead atoms. The van der Waals surface area contributed by atoms with E-state index < -0.39 is 10.2 Å². The highest BCUT2D eigenvalue weighted by Gasteiger charge is 2.31. The largest absolute Gasteiger partial charge is 0.487 e. The molecule has 0 unspecified atom stereocenters. The SMILES string of the molecule is CC1(C)Cc2cc(S(=O)(=O)F)ccc2O1. The Morgan fingerprint density at radius 3 is 2.67 bits per heavy atom. The lowest BCUT2D eigenvalue weighted by Crippen LogP contribution is -2.24. The van der Waals surface area contributed by atoms with Gasteiger partial charge in [-0.15, -0.1) is 3.89 Å². The summed E-state index contributed by atoms with van der Waals surface area (Å²) in [6, 6.07) is 4.05. The highest BCUT2D eigenvalue weighted by Crippen LogP contribution is 2.36. The fourth-order valence-electron chi connectivity index (χ4n) is 1.74. The van der Waals surface area contributed by atoms with Crippen LogP contribution in [0.1, 0.15) is 19.4 Å². The molecule has 2 rings (SSSR count). The van der Waals surface area contributed by atoms with Gasteiger partial charge in [0.1, 0.15) is 11.4 Å². The molecule has 0 aromatic heterocycles. The standard InChI is InChI=1S/C10H11FO3S/c1-10(2)6-7-5-8(15(11,12)13)3-4-9(7)14-10/h3-5H,6H2,1-2H3. The first-order chi connectivity index (χ1) is 6.78. The van der Waals surface area contributed by atoms with Crippen molar-refractivity contribution in [2.45, 2.75) is 30.8 Å². The van der Waals surface area contributed by atoms with E-state index in [1.165, 1.54) is 18.2 Å². The highest BCUT2D eigenvalue weighted by atomic mass is 32.3. The molecule has 82 valence electrons. The lowest BCUT2D eigenvalue weighted by Gasteiger charge is -2.16. The third-order valence-electron chi connectivity index (χ3n) is 2.32. The van der Waals surface area contributed by atoms with Crippen LogP contribution in [0.15, 0.2) is 23.1 Å². The molecule has 0 radical (unpaired) electrons. The Labute approximate surface area is 88.1 Å². The highest BCUT2D eigenvalue weighted by molar-refractivity contribution is 7.86. The van der Waals surface area contributed by atoms with Gasteiger partial charge in [0.15, 0.2) is 0 Å². The molecular weight excluding hydrogens is 219 g/mol. The van der Waals surface area contributed by atoms with Crippen LogP contribution >= 0.6 is 0 Å². The van der Waals surface area contributed by atoms with Crippen molar-refractivity contribution in [3.8, 4) is 5.75 Å². The Morgan fingerprint density at radius 1 is 1.40 bits per heavy atom. The van der Waals surface area contributed by atoms with Gasteiger partial charge in [-0.2, -0.15) is 8.42 Å². The minimum Gasteiger partial charge on any atom is -0.487 e. The maximum Gasteiger partial charge on any atom is 0.332 e. The van der Waals surface area contributed by atoms with Crippen LogP contribution in [0.5, 0.6) is 5.75 Å². The van der Waals surface area contributed by atoms with E-state index in [-0.39, 0.29) is 10.5 Å². The van der Waals surface area contributed by atoms with Gasteiger partial charge in [0.25, 0.3) is 0 Å². The number of hydrogen-bond acceptors (Lipinski definition) is 3. The quantitative estimate of drug-likeness (QED) is 0.693. The van der Waals surface area contributed by atoms with Crippen LogP contribution < -0.4 is 4.74 Å². The summed E-state index contributed by atoms with van der Waals surface area (Å²) < 4.78 is 39.6. The number of hydrogen-bond donors (Lipinski definition) is 0. The van der Waals surface area contributed by atoms with E-state index in [0.29, 0.717) is 12.2 Å². The van der Waals surface area contributed by atoms with Gasteiger partial charge in [-0.25, -0.2) is 0 Å². The van der Waals surface area contributed by atoms with Crippen molar-refractivity contribution >= 4 is 10.2 Å². The maximum absolute atomic E-state index is 12.7. The first-order valence-electron chi connectivity index (χ1n) is 4.55. The van der Waals surface area contributed by atoms with Crippen molar-refractivity contribution in [3.63, 3.8) is 0 Å². The number of benzene rings is 1. The van der Waals surface area contributed by atoms with E-state index in [2.05, 4.69) is 0 Å². The third-order valence-corrected chi connectivity index (χ3v) is 3.13. The van der Waals surface area contributed by atoms with Gasteiger partial charge in [0.05, 0.1) is 4.90 Å². The van der Waals surface area contributed by atoms with Gasteiger partial charge in [-0.3, -0.25) is 0 Å². The molecule has 1 aliphatic heterocycles. The van der Waals surface area contributed by atoms with Crippen molar-refractivity contribution in [2.24, 2.45) is 0 Å². The lowest BCUT2D eigenvalue weighted by atomic mass is 10.0. The Bertz CT molecular complexity index is 505. The molecular formula is C10H11FO3S.